The van der Waals surface area contributed by atoms with E-state index < -0.39 is 37.4 Å². The Hall–Kier alpha value is -5.26. The van der Waals surface area contributed by atoms with E-state index in [-0.39, 0.29) is 55.1 Å². The number of carbonyl (C=O) groups is 3. The Morgan fingerprint density at radius 2 is 1.26 bits per heavy atom. The number of rotatable bonds is 35. The van der Waals surface area contributed by atoms with Crippen LogP contribution in [-0.4, -0.2) is 80.2 Å². The summed E-state index contributed by atoms with van der Waals surface area (Å²) in [5, 5.41) is 25.2. The molecule has 0 aliphatic heterocycles. The second kappa shape index (κ2) is 34.1. The molecule has 0 aliphatic carbocycles. The molecule has 4 rings (SSSR count). The molecule has 1 aromatic heterocycles. The molecule has 0 radical (unpaired) electrons. The second-order valence-corrected chi connectivity index (χ2v) is 19.3. The standard InChI is InChI=1S/C48H68N5O12P.C3H9N/c1-3-5-6-7-8-9-10-11-12-13-14-15-16-19-26-45(55)61-35-39(36-63-66(59,60)62-4-2)64-46(56)27-20-17-18-25-44(54)49-34-37-28-30-38(31-29-37)40-23-21-22-24-41(40)50-42-32-33-43(53(57)58)48-47(42)51-65-52-48;1-4(2)3/h21-24,28-33,39,50H,3-20,25-27,34-36H2,1-2H3,(H,49,54)(H,59,60);1-3H3/t39-;/m0./s1. The van der Waals surface area contributed by atoms with E-state index in [1.165, 1.54) is 82.1 Å². The van der Waals surface area contributed by atoms with E-state index >= 15 is 0 Å². The number of nitro benzene ring substituents is 1. The number of para-hydroxylation sites is 1. The molecule has 0 saturated heterocycles. The third-order valence-electron chi connectivity index (χ3n) is 11.0. The highest BCUT2D eigenvalue weighted by atomic mass is 31.2. The van der Waals surface area contributed by atoms with Crippen molar-refractivity contribution in [2.45, 2.75) is 155 Å². The molecule has 18 nitrogen and oxygen atoms in total. The molecular weight excluding hydrogens is 920 g/mol. The minimum absolute atomic E-state index is 0.0201. The fraction of sp³-hybridized carbons (Fsp3) is 0.588. The number of non-ortho nitro benzene ring substituents is 1. The number of nitrogens with one attached hydrogen (secondary N) is 3. The zero-order valence-electron chi connectivity index (χ0n) is 42.0. The smallest absolute Gasteiger partial charge is 0.306 e. The molecule has 1 heterocycles. The molecule has 70 heavy (non-hydrogen) atoms. The van der Waals surface area contributed by atoms with E-state index in [1.54, 1.807) is 6.07 Å². The van der Waals surface area contributed by atoms with Crippen LogP contribution in [0, 0.1) is 10.1 Å². The number of quaternary nitrogens is 1. The van der Waals surface area contributed by atoms with Gasteiger partial charge in [0.25, 0.3) is 7.82 Å². The maximum atomic E-state index is 12.7. The van der Waals surface area contributed by atoms with Gasteiger partial charge in [0, 0.05) is 43.1 Å². The second-order valence-electron chi connectivity index (χ2n) is 17.9. The monoisotopic (exact) mass is 997 g/mol. The minimum Gasteiger partial charge on any atom is -0.756 e. The molecule has 1 unspecified atom stereocenters. The van der Waals surface area contributed by atoms with Crippen molar-refractivity contribution in [2.24, 2.45) is 0 Å². The Kier molecular flexibility index (Phi) is 28.8. The summed E-state index contributed by atoms with van der Waals surface area (Å²) in [4.78, 5) is 62.1. The SMILES string of the molecule is CCCCCCCCCCCCCCCCC(=O)OC[C@@H](COP(=O)([O-])OCC)OC(=O)CCCCCC(=O)NCc1ccc(-c2ccccc2Nc2ccc([N+](=O)[O-])c3nonc23)cc1.C[NH+](C)C. The summed E-state index contributed by atoms with van der Waals surface area (Å²) in [6.07, 6.45) is 17.7. The van der Waals surface area contributed by atoms with Crippen molar-refractivity contribution >= 4 is 53.8 Å². The van der Waals surface area contributed by atoms with Gasteiger partial charge in [-0.05, 0) is 59.8 Å². The highest BCUT2D eigenvalue weighted by Gasteiger charge is 2.22. The summed E-state index contributed by atoms with van der Waals surface area (Å²) < 4.78 is 37.1. The number of ether oxygens (including phenoxy) is 2. The lowest BCUT2D eigenvalue weighted by molar-refractivity contribution is -0.836. The lowest BCUT2D eigenvalue weighted by Gasteiger charge is -2.25. The molecule has 388 valence electrons. The van der Waals surface area contributed by atoms with Crippen LogP contribution in [0.25, 0.3) is 22.2 Å². The number of esters is 2. The van der Waals surface area contributed by atoms with Gasteiger partial charge >= 0.3 is 17.6 Å². The molecule has 0 fully saturated rings. The predicted octanol–water partition coefficient (Wildman–Crippen LogP) is 9.72. The number of phosphoric acid groups is 1. The number of hydrogen-bond donors (Lipinski definition) is 3. The summed E-state index contributed by atoms with van der Waals surface area (Å²) in [5.41, 5.74) is 3.96. The Labute approximate surface area is 413 Å². The zero-order chi connectivity index (χ0) is 51.0. The fourth-order valence-corrected chi connectivity index (χ4v) is 8.11. The van der Waals surface area contributed by atoms with E-state index in [0.29, 0.717) is 37.9 Å². The van der Waals surface area contributed by atoms with Gasteiger partial charge in [-0.1, -0.05) is 139 Å². The molecular formula is C51H77N6O12P. The first-order valence-electron chi connectivity index (χ1n) is 25.1. The van der Waals surface area contributed by atoms with Gasteiger partial charge in [0.05, 0.1) is 45.0 Å². The third kappa shape index (κ3) is 24.5. The largest absolute Gasteiger partial charge is 0.756 e. The number of hydrogen-bond acceptors (Lipinski definition) is 15. The summed E-state index contributed by atoms with van der Waals surface area (Å²) in [6.45, 7) is 3.03. The lowest BCUT2D eigenvalue weighted by Crippen LogP contribution is -3.02. The molecule has 0 spiro atoms. The number of carbonyl (C=O) groups excluding carboxylic acids is 3. The average Bonchev–Trinajstić information content (AvgIpc) is 3.83. The summed E-state index contributed by atoms with van der Waals surface area (Å²) in [5.74, 6) is -1.20. The van der Waals surface area contributed by atoms with E-state index in [4.69, 9.17) is 18.6 Å². The van der Waals surface area contributed by atoms with Gasteiger partial charge in [0.1, 0.15) is 6.61 Å². The first kappa shape index (κ1) is 59.1. The van der Waals surface area contributed by atoms with Crippen LogP contribution < -0.4 is 20.4 Å². The maximum absolute atomic E-state index is 12.7. The number of phosphoric ester groups is 1. The van der Waals surface area contributed by atoms with Gasteiger partial charge in [0.2, 0.25) is 11.4 Å². The summed E-state index contributed by atoms with van der Waals surface area (Å²) in [6, 6.07) is 18.2. The minimum atomic E-state index is -4.63. The Morgan fingerprint density at radius 1 is 0.700 bits per heavy atom. The lowest BCUT2D eigenvalue weighted by atomic mass is 10.0. The van der Waals surface area contributed by atoms with Gasteiger partial charge in [-0.25, -0.2) is 4.63 Å². The van der Waals surface area contributed by atoms with Crippen LogP contribution in [0.3, 0.4) is 0 Å². The normalized spacial score (nSPS) is 12.4. The van der Waals surface area contributed by atoms with Crippen molar-refractivity contribution in [3.8, 4) is 11.1 Å². The number of amides is 1. The van der Waals surface area contributed by atoms with Crippen LogP contribution in [0.2, 0.25) is 0 Å². The number of nitrogens with zero attached hydrogens (tertiary/aromatic N) is 3. The van der Waals surface area contributed by atoms with Gasteiger partial charge in [0.15, 0.2) is 11.6 Å². The van der Waals surface area contributed by atoms with Crippen LogP contribution in [0.1, 0.15) is 148 Å². The van der Waals surface area contributed by atoms with Crippen LogP contribution in [0.5, 0.6) is 0 Å². The topological polar surface area (TPSA) is 239 Å². The first-order valence-corrected chi connectivity index (χ1v) is 26.5. The maximum Gasteiger partial charge on any atom is 0.306 e. The summed E-state index contributed by atoms with van der Waals surface area (Å²) in [7, 11) is 1.62. The molecule has 19 heteroatoms. The first-order chi connectivity index (χ1) is 33.7. The predicted molar refractivity (Wildman–Crippen MR) is 268 cm³/mol. The van der Waals surface area contributed by atoms with E-state index in [2.05, 4.69) is 53.5 Å². The van der Waals surface area contributed by atoms with Gasteiger partial charge in [-0.15, -0.1) is 0 Å². The van der Waals surface area contributed by atoms with Crippen molar-refractivity contribution in [3.63, 3.8) is 0 Å². The van der Waals surface area contributed by atoms with Gasteiger partial charge in [-0.3, -0.25) is 29.1 Å². The molecule has 0 bridgehead atoms. The fourth-order valence-electron chi connectivity index (χ4n) is 7.37. The Morgan fingerprint density at radius 3 is 1.87 bits per heavy atom. The van der Waals surface area contributed by atoms with Gasteiger partial charge in [-0.2, -0.15) is 0 Å². The van der Waals surface area contributed by atoms with Crippen LogP contribution in [0.4, 0.5) is 17.1 Å². The molecule has 3 aromatic carbocycles. The van der Waals surface area contributed by atoms with Crippen molar-refractivity contribution in [3.05, 3.63) is 76.3 Å². The Bertz CT molecular complexity index is 2180. The van der Waals surface area contributed by atoms with Crippen molar-refractivity contribution in [2.75, 3.05) is 46.3 Å². The molecule has 0 saturated carbocycles. The van der Waals surface area contributed by atoms with Crippen LogP contribution >= 0.6 is 7.82 Å². The van der Waals surface area contributed by atoms with Crippen LogP contribution in [0.15, 0.2) is 65.3 Å². The third-order valence-corrected chi connectivity index (χ3v) is 12.0. The highest BCUT2D eigenvalue weighted by molar-refractivity contribution is 7.45. The quantitative estimate of drug-likeness (QED) is 0.0128. The highest BCUT2D eigenvalue weighted by Crippen LogP contribution is 2.38. The van der Waals surface area contributed by atoms with Gasteiger partial charge < -0.3 is 38.9 Å². The molecule has 3 N–H and O–H groups in total. The molecule has 2 atom stereocenters. The molecule has 0 aliphatic rings. The average molecular weight is 997 g/mol. The molecule has 1 amide bonds. The number of anilines is 2. The van der Waals surface area contributed by atoms with E-state index in [1.807, 2.05) is 48.5 Å². The van der Waals surface area contributed by atoms with Crippen LogP contribution in [-0.2, 0) is 44.0 Å². The van der Waals surface area contributed by atoms with Crippen molar-refractivity contribution in [1.82, 2.24) is 15.6 Å². The number of benzene rings is 3. The zero-order valence-corrected chi connectivity index (χ0v) is 42.9. The number of nitro groups is 1. The molecule has 4 aromatic rings. The number of fused-ring (bicyclic) bond motifs is 1. The number of unbranched alkanes of at least 4 members (excludes halogenated alkanes) is 15. The summed E-state index contributed by atoms with van der Waals surface area (Å²) >= 11 is 0. The van der Waals surface area contributed by atoms with E-state index in [0.717, 1.165) is 41.6 Å². The number of aromatic nitrogens is 2. The van der Waals surface area contributed by atoms with Crippen molar-refractivity contribution in [1.29, 1.82) is 0 Å². The van der Waals surface area contributed by atoms with Crippen molar-refractivity contribution < 1.29 is 56.8 Å². The van der Waals surface area contributed by atoms with E-state index in [9.17, 15) is 34.0 Å². The Balaban J connectivity index is 0.00000311.